The fourth-order valence-corrected chi connectivity index (χ4v) is 4.04. The maximum absolute atomic E-state index is 10.3. The molecule has 8 nitrogen and oxygen atoms in total. The molecule has 1 saturated heterocycles. The molecular formula is C14H14BrCl2N3O5. The summed E-state index contributed by atoms with van der Waals surface area (Å²) < 4.78 is 7.39. The Morgan fingerprint density at radius 3 is 2.48 bits per heavy atom. The van der Waals surface area contributed by atoms with Gasteiger partial charge in [-0.3, -0.25) is 0 Å². The van der Waals surface area contributed by atoms with E-state index >= 15 is 0 Å². The van der Waals surface area contributed by atoms with Crippen molar-refractivity contribution in [1.29, 1.82) is 0 Å². The highest BCUT2D eigenvalue weighted by atomic mass is 79.9. The van der Waals surface area contributed by atoms with E-state index in [1.165, 1.54) is 16.7 Å². The molecule has 1 aliphatic rings. The monoisotopic (exact) mass is 453 g/mol. The summed E-state index contributed by atoms with van der Waals surface area (Å²) in [6, 6.07) is 3.07. The summed E-state index contributed by atoms with van der Waals surface area (Å²) in [4.78, 5) is 0. The Balaban J connectivity index is 2.29. The molecule has 0 saturated carbocycles. The third-order valence-electron chi connectivity index (χ3n) is 4.12. The van der Waals surface area contributed by atoms with E-state index in [0.717, 1.165) is 0 Å². The van der Waals surface area contributed by atoms with E-state index in [0.29, 0.717) is 21.1 Å². The number of hydrogen-bond acceptors (Lipinski definition) is 6. The van der Waals surface area contributed by atoms with Gasteiger partial charge in [-0.05, 0) is 28.1 Å². The molecule has 0 amide bonds. The van der Waals surface area contributed by atoms with Crippen molar-refractivity contribution in [3.8, 4) is 0 Å². The van der Waals surface area contributed by atoms with Crippen molar-refractivity contribution in [2.75, 3.05) is 6.61 Å². The number of ether oxygens (including phenoxy) is 1. The number of hydrogen-bond donors (Lipinski definition) is 5. The van der Waals surface area contributed by atoms with Crippen LogP contribution in [0, 0.1) is 0 Å². The summed E-state index contributed by atoms with van der Waals surface area (Å²) >= 11 is 15.5. The number of nitrogens with two attached hydrogens (primary N) is 1. The van der Waals surface area contributed by atoms with Gasteiger partial charge in [0.05, 0.1) is 32.3 Å². The van der Waals surface area contributed by atoms with E-state index < -0.39 is 31.1 Å². The molecule has 2 aromatic rings. The molecule has 0 aliphatic carbocycles. The van der Waals surface area contributed by atoms with E-state index in [1.807, 2.05) is 0 Å². The van der Waals surface area contributed by atoms with Crippen LogP contribution < -0.4 is 5.73 Å². The van der Waals surface area contributed by atoms with Gasteiger partial charge in [-0.1, -0.05) is 28.4 Å². The standard InChI is InChI=1S/C14H14BrCl2N3O5/c15-12-9(13(18)19-24)4-1-5(16)6(17)2-7(4)20(12)14-11(23)10(22)8(3-21)25-14/h1-2,8,10-11,14,21-24H,3H2,(H2,18,19)/t8-,10-,11-,14?/m1/s1. The maximum atomic E-state index is 10.3. The van der Waals surface area contributed by atoms with Crippen LogP contribution in [0.4, 0.5) is 0 Å². The highest BCUT2D eigenvalue weighted by molar-refractivity contribution is 9.10. The minimum atomic E-state index is -1.32. The molecule has 25 heavy (non-hydrogen) atoms. The predicted molar refractivity (Wildman–Crippen MR) is 95.2 cm³/mol. The quantitative estimate of drug-likeness (QED) is 0.206. The van der Waals surface area contributed by atoms with Crippen molar-refractivity contribution in [2.45, 2.75) is 24.5 Å². The summed E-state index contributed by atoms with van der Waals surface area (Å²) in [5.74, 6) is -0.194. The Labute approximate surface area is 160 Å². The van der Waals surface area contributed by atoms with Gasteiger partial charge in [0.1, 0.15) is 18.3 Å². The van der Waals surface area contributed by atoms with Gasteiger partial charge in [-0.25, -0.2) is 0 Å². The van der Waals surface area contributed by atoms with Crippen molar-refractivity contribution in [1.82, 2.24) is 4.57 Å². The number of rotatable bonds is 3. The molecule has 1 aromatic heterocycles. The Morgan fingerprint density at radius 2 is 1.92 bits per heavy atom. The number of halogens is 3. The smallest absolute Gasteiger partial charge is 0.173 e. The van der Waals surface area contributed by atoms with Crippen molar-refractivity contribution >= 4 is 55.9 Å². The van der Waals surface area contributed by atoms with Crippen LogP contribution in [-0.4, -0.2) is 55.8 Å². The molecule has 3 rings (SSSR count). The molecule has 0 spiro atoms. The Morgan fingerprint density at radius 1 is 1.28 bits per heavy atom. The van der Waals surface area contributed by atoms with Crippen LogP contribution >= 0.6 is 39.1 Å². The third kappa shape index (κ3) is 2.89. The minimum Gasteiger partial charge on any atom is -0.409 e. The normalized spacial score (nSPS) is 27.4. The van der Waals surface area contributed by atoms with Crippen LogP contribution in [0.5, 0.6) is 0 Å². The predicted octanol–water partition coefficient (Wildman–Crippen LogP) is 1.42. The number of fused-ring (bicyclic) bond motifs is 1. The lowest BCUT2D eigenvalue weighted by molar-refractivity contribution is -0.0515. The van der Waals surface area contributed by atoms with E-state index in [-0.39, 0.29) is 15.9 Å². The highest BCUT2D eigenvalue weighted by Gasteiger charge is 2.44. The van der Waals surface area contributed by atoms with Gasteiger partial charge in [0.15, 0.2) is 12.1 Å². The first-order valence-electron chi connectivity index (χ1n) is 7.10. The average molecular weight is 455 g/mol. The number of aliphatic hydroxyl groups is 3. The highest BCUT2D eigenvalue weighted by Crippen LogP contribution is 2.41. The molecule has 136 valence electrons. The molecule has 11 heteroatoms. The first-order valence-corrected chi connectivity index (χ1v) is 8.65. The lowest BCUT2D eigenvalue weighted by Crippen LogP contribution is -2.33. The molecule has 1 aliphatic heterocycles. The van der Waals surface area contributed by atoms with Crippen LogP contribution in [0.3, 0.4) is 0 Å². The SMILES string of the molecule is N/C(=N\O)c1c(Br)n(C2O[C@H](CO)[C@@H](O)[C@H]2O)c2cc(Cl)c(Cl)cc12. The van der Waals surface area contributed by atoms with Gasteiger partial charge in [-0.2, -0.15) is 0 Å². The van der Waals surface area contributed by atoms with Crippen LogP contribution in [-0.2, 0) is 4.74 Å². The zero-order valence-corrected chi connectivity index (χ0v) is 15.6. The van der Waals surface area contributed by atoms with Crippen LogP contribution in [0.25, 0.3) is 10.9 Å². The van der Waals surface area contributed by atoms with Crippen LogP contribution in [0.2, 0.25) is 10.0 Å². The molecular weight excluding hydrogens is 441 g/mol. The molecule has 4 atom stereocenters. The summed E-state index contributed by atoms with van der Waals surface area (Å²) in [7, 11) is 0. The van der Waals surface area contributed by atoms with Crippen molar-refractivity contribution < 1.29 is 25.3 Å². The van der Waals surface area contributed by atoms with Crippen LogP contribution in [0.1, 0.15) is 11.8 Å². The third-order valence-corrected chi connectivity index (χ3v) is 5.62. The Kier molecular flexibility index (Phi) is 5.18. The average Bonchev–Trinajstić information content (AvgIpc) is 3.01. The number of amidine groups is 1. The molecule has 1 fully saturated rings. The van der Waals surface area contributed by atoms with Crippen molar-refractivity contribution in [2.24, 2.45) is 10.9 Å². The first kappa shape index (κ1) is 18.7. The summed E-state index contributed by atoms with van der Waals surface area (Å²) in [5.41, 5.74) is 6.55. The minimum absolute atomic E-state index is 0.194. The summed E-state index contributed by atoms with van der Waals surface area (Å²) in [6.45, 7) is -0.467. The fourth-order valence-electron chi connectivity index (χ4n) is 2.91. The number of oxime groups is 1. The molecule has 1 aromatic carbocycles. The van der Waals surface area contributed by atoms with Gasteiger partial charge in [0.2, 0.25) is 0 Å². The van der Waals surface area contributed by atoms with Gasteiger partial charge in [0, 0.05) is 5.39 Å². The molecule has 2 heterocycles. The molecule has 1 unspecified atom stereocenters. The topological polar surface area (TPSA) is 133 Å². The number of aromatic nitrogens is 1. The van der Waals surface area contributed by atoms with Crippen molar-refractivity contribution in [3.05, 3.63) is 32.3 Å². The van der Waals surface area contributed by atoms with Gasteiger partial charge < -0.3 is 35.6 Å². The van der Waals surface area contributed by atoms with Crippen LogP contribution in [0.15, 0.2) is 21.9 Å². The van der Waals surface area contributed by atoms with Gasteiger partial charge >= 0.3 is 0 Å². The lowest BCUT2D eigenvalue weighted by Gasteiger charge is -2.19. The lowest BCUT2D eigenvalue weighted by atomic mass is 10.1. The number of aliphatic hydroxyl groups excluding tert-OH is 3. The molecule has 0 bridgehead atoms. The van der Waals surface area contributed by atoms with E-state index in [2.05, 4.69) is 21.1 Å². The zero-order chi connectivity index (χ0) is 18.5. The van der Waals surface area contributed by atoms with E-state index in [4.69, 9.17) is 38.9 Å². The second-order valence-electron chi connectivity index (χ2n) is 5.53. The number of benzene rings is 1. The van der Waals surface area contributed by atoms with E-state index in [9.17, 15) is 15.3 Å². The van der Waals surface area contributed by atoms with Crippen molar-refractivity contribution in [3.63, 3.8) is 0 Å². The molecule has 0 radical (unpaired) electrons. The Bertz CT molecular complexity index is 859. The maximum Gasteiger partial charge on any atom is 0.173 e. The van der Waals surface area contributed by atoms with Gasteiger partial charge in [0.25, 0.3) is 0 Å². The largest absolute Gasteiger partial charge is 0.409 e. The summed E-state index contributed by atoms with van der Waals surface area (Å²) in [5, 5.41) is 42.7. The van der Waals surface area contributed by atoms with E-state index in [1.54, 1.807) is 0 Å². The molecule has 6 N–H and O–H groups in total. The first-order chi connectivity index (χ1) is 11.8. The Hall–Kier alpha value is -1.07. The number of nitrogens with zero attached hydrogens (tertiary/aromatic N) is 2. The second kappa shape index (κ2) is 6.92. The fraction of sp³-hybridized carbons (Fsp3) is 0.357. The van der Waals surface area contributed by atoms with Gasteiger partial charge in [-0.15, -0.1) is 0 Å². The zero-order valence-electron chi connectivity index (χ0n) is 12.5. The second-order valence-corrected chi connectivity index (χ2v) is 7.10. The summed E-state index contributed by atoms with van der Waals surface area (Å²) in [6.07, 6.45) is -4.60.